The number of nitrogens with one attached hydrogen (secondary N) is 1. The third-order valence-electron chi connectivity index (χ3n) is 3.66. The number of anilines is 1. The SMILES string of the molecule is CCC(C)(C)C(=O)Nc1cccc(CS(=O)C(C)(C)C)c1. The van der Waals surface area contributed by atoms with Gasteiger partial charge in [-0.25, -0.2) is 0 Å². The van der Waals surface area contributed by atoms with Crippen molar-refractivity contribution in [2.45, 2.75) is 58.5 Å². The van der Waals surface area contributed by atoms with Crippen molar-refractivity contribution in [1.29, 1.82) is 0 Å². The van der Waals surface area contributed by atoms with Gasteiger partial charge < -0.3 is 5.32 Å². The lowest BCUT2D eigenvalue weighted by atomic mass is 9.89. The fraction of sp³-hybridized carbons (Fsp3) is 0.588. The number of benzene rings is 1. The molecule has 4 heteroatoms. The lowest BCUT2D eigenvalue weighted by Crippen LogP contribution is -2.30. The van der Waals surface area contributed by atoms with Crippen molar-refractivity contribution in [2.24, 2.45) is 5.41 Å². The van der Waals surface area contributed by atoms with Gasteiger partial charge in [0.25, 0.3) is 0 Å². The summed E-state index contributed by atoms with van der Waals surface area (Å²) in [5.74, 6) is 0.517. The second-order valence-electron chi connectivity index (χ2n) is 6.99. The van der Waals surface area contributed by atoms with Gasteiger partial charge in [0, 0.05) is 32.4 Å². The molecule has 0 bridgehead atoms. The first kappa shape index (κ1) is 17.9. The van der Waals surface area contributed by atoms with E-state index in [-0.39, 0.29) is 16.1 Å². The van der Waals surface area contributed by atoms with Crippen molar-refractivity contribution < 1.29 is 9.00 Å². The van der Waals surface area contributed by atoms with Gasteiger partial charge in [-0.15, -0.1) is 0 Å². The summed E-state index contributed by atoms with van der Waals surface area (Å²) in [4.78, 5) is 12.2. The molecular weight excluding hydrogens is 282 g/mol. The van der Waals surface area contributed by atoms with Crippen LogP contribution < -0.4 is 5.32 Å². The molecule has 0 aromatic heterocycles. The molecule has 1 rings (SSSR count). The van der Waals surface area contributed by atoms with Crippen LogP contribution in [0.1, 0.15) is 53.5 Å². The zero-order valence-electron chi connectivity index (χ0n) is 13.9. The van der Waals surface area contributed by atoms with E-state index in [2.05, 4.69) is 5.32 Å². The highest BCUT2D eigenvalue weighted by molar-refractivity contribution is 7.85. The Balaban J connectivity index is 2.82. The molecule has 1 aromatic rings. The summed E-state index contributed by atoms with van der Waals surface area (Å²) in [6.07, 6.45) is 0.784. The van der Waals surface area contributed by atoms with Crippen LogP contribution in [0.15, 0.2) is 24.3 Å². The van der Waals surface area contributed by atoms with Gasteiger partial charge in [0.05, 0.1) is 0 Å². The standard InChI is InChI=1S/C17H27NO2S/c1-7-17(5,6)15(19)18-14-10-8-9-13(11-14)12-21(20)16(2,3)4/h8-11H,7,12H2,1-6H3,(H,18,19). The van der Waals surface area contributed by atoms with Crippen molar-refractivity contribution in [3.8, 4) is 0 Å². The molecule has 0 heterocycles. The summed E-state index contributed by atoms with van der Waals surface area (Å²) in [6.45, 7) is 11.8. The smallest absolute Gasteiger partial charge is 0.230 e. The highest BCUT2D eigenvalue weighted by Gasteiger charge is 2.25. The van der Waals surface area contributed by atoms with E-state index >= 15 is 0 Å². The van der Waals surface area contributed by atoms with Gasteiger partial charge in [-0.1, -0.05) is 32.9 Å². The molecule has 0 aliphatic carbocycles. The first-order valence-electron chi connectivity index (χ1n) is 7.35. The number of hydrogen-bond donors (Lipinski definition) is 1. The number of amides is 1. The Bertz CT molecular complexity index is 530. The second kappa shape index (κ2) is 6.73. The molecule has 21 heavy (non-hydrogen) atoms. The lowest BCUT2D eigenvalue weighted by Gasteiger charge is -2.22. The Morgan fingerprint density at radius 3 is 2.33 bits per heavy atom. The van der Waals surface area contributed by atoms with Gasteiger partial charge in [-0.05, 0) is 44.9 Å². The van der Waals surface area contributed by atoms with Crippen molar-refractivity contribution in [1.82, 2.24) is 0 Å². The van der Waals surface area contributed by atoms with Crippen LogP contribution in [0.4, 0.5) is 5.69 Å². The molecule has 0 saturated heterocycles. The minimum Gasteiger partial charge on any atom is -0.326 e. The highest BCUT2D eigenvalue weighted by atomic mass is 32.2. The maximum atomic E-state index is 12.2. The highest BCUT2D eigenvalue weighted by Crippen LogP contribution is 2.23. The van der Waals surface area contributed by atoms with E-state index in [1.165, 1.54) is 0 Å². The van der Waals surface area contributed by atoms with Crippen LogP contribution >= 0.6 is 0 Å². The van der Waals surface area contributed by atoms with Gasteiger partial charge in [0.15, 0.2) is 0 Å². The predicted octanol–water partition coefficient (Wildman–Crippen LogP) is 4.11. The van der Waals surface area contributed by atoms with Crippen molar-refractivity contribution >= 4 is 22.4 Å². The molecule has 118 valence electrons. The molecule has 1 amide bonds. The average Bonchev–Trinajstić information content (AvgIpc) is 2.37. The molecule has 0 radical (unpaired) electrons. The normalized spacial score (nSPS) is 13.8. The first-order chi connectivity index (χ1) is 9.56. The minimum absolute atomic E-state index is 0.0130. The number of carbonyl (C=O) groups is 1. The third-order valence-corrected chi connectivity index (χ3v) is 5.63. The van der Waals surface area contributed by atoms with Crippen LogP contribution in [0.5, 0.6) is 0 Å². The molecule has 0 saturated carbocycles. The van der Waals surface area contributed by atoms with E-state index in [1.54, 1.807) is 0 Å². The number of carbonyl (C=O) groups excluding carboxylic acids is 1. The second-order valence-corrected chi connectivity index (χ2v) is 9.20. The van der Waals surface area contributed by atoms with Crippen molar-refractivity contribution in [2.75, 3.05) is 5.32 Å². The molecule has 1 unspecified atom stereocenters. The fourth-order valence-electron chi connectivity index (χ4n) is 1.57. The molecule has 1 N–H and O–H groups in total. The molecular formula is C17H27NO2S. The summed E-state index contributed by atoms with van der Waals surface area (Å²) < 4.78 is 12.0. The molecule has 0 aliphatic rings. The average molecular weight is 309 g/mol. The zero-order valence-corrected chi connectivity index (χ0v) is 14.8. The monoisotopic (exact) mass is 309 g/mol. The molecule has 3 nitrogen and oxygen atoms in total. The van der Waals surface area contributed by atoms with E-state index < -0.39 is 10.8 Å². The van der Waals surface area contributed by atoms with Gasteiger partial charge in [-0.3, -0.25) is 9.00 Å². The Labute approximate surface area is 131 Å². The van der Waals surface area contributed by atoms with Crippen LogP contribution in [0.2, 0.25) is 0 Å². The molecule has 0 fully saturated rings. The number of hydrogen-bond acceptors (Lipinski definition) is 2. The van der Waals surface area contributed by atoms with E-state index in [1.807, 2.05) is 65.8 Å². The van der Waals surface area contributed by atoms with Crippen molar-refractivity contribution in [3.63, 3.8) is 0 Å². The molecule has 1 aromatic carbocycles. The van der Waals surface area contributed by atoms with Crippen LogP contribution in [-0.2, 0) is 21.3 Å². The first-order valence-corrected chi connectivity index (χ1v) is 8.67. The van der Waals surface area contributed by atoms with Gasteiger partial charge in [0.1, 0.15) is 0 Å². The Kier molecular flexibility index (Phi) is 5.74. The third kappa shape index (κ3) is 5.27. The summed E-state index contributed by atoms with van der Waals surface area (Å²) in [5, 5.41) is 2.95. The molecule has 0 spiro atoms. The Hall–Kier alpha value is -1.16. The Morgan fingerprint density at radius 2 is 1.81 bits per heavy atom. The van der Waals surface area contributed by atoms with E-state index in [0.29, 0.717) is 5.75 Å². The maximum absolute atomic E-state index is 12.2. The van der Waals surface area contributed by atoms with Crippen LogP contribution in [-0.4, -0.2) is 14.9 Å². The number of rotatable bonds is 5. The summed E-state index contributed by atoms with van der Waals surface area (Å²) in [6, 6.07) is 7.62. The van der Waals surface area contributed by atoms with E-state index in [4.69, 9.17) is 0 Å². The minimum atomic E-state index is -0.941. The fourth-order valence-corrected chi connectivity index (χ4v) is 2.48. The summed E-state index contributed by atoms with van der Waals surface area (Å²) in [5.41, 5.74) is 1.37. The summed E-state index contributed by atoms with van der Waals surface area (Å²) in [7, 11) is -0.941. The quantitative estimate of drug-likeness (QED) is 0.889. The van der Waals surface area contributed by atoms with Gasteiger partial charge in [-0.2, -0.15) is 0 Å². The van der Waals surface area contributed by atoms with Crippen LogP contribution in [0.3, 0.4) is 0 Å². The topological polar surface area (TPSA) is 46.2 Å². The largest absolute Gasteiger partial charge is 0.326 e. The Morgan fingerprint density at radius 1 is 1.19 bits per heavy atom. The van der Waals surface area contributed by atoms with E-state index in [0.717, 1.165) is 17.7 Å². The van der Waals surface area contributed by atoms with E-state index in [9.17, 15) is 9.00 Å². The zero-order chi connectivity index (χ0) is 16.3. The predicted molar refractivity (Wildman–Crippen MR) is 90.7 cm³/mol. The lowest BCUT2D eigenvalue weighted by molar-refractivity contribution is -0.124. The summed E-state index contributed by atoms with van der Waals surface area (Å²) >= 11 is 0. The van der Waals surface area contributed by atoms with Gasteiger partial charge >= 0.3 is 0 Å². The maximum Gasteiger partial charge on any atom is 0.230 e. The van der Waals surface area contributed by atoms with Crippen LogP contribution in [0.25, 0.3) is 0 Å². The van der Waals surface area contributed by atoms with Crippen molar-refractivity contribution in [3.05, 3.63) is 29.8 Å². The van der Waals surface area contributed by atoms with Gasteiger partial charge in [0.2, 0.25) is 5.91 Å². The molecule has 1 atom stereocenters. The molecule has 0 aliphatic heterocycles. The van der Waals surface area contributed by atoms with Crippen LogP contribution in [0, 0.1) is 5.41 Å².